The third kappa shape index (κ3) is 2.31. The van der Waals surface area contributed by atoms with E-state index < -0.39 is 23.8 Å². The molecule has 0 unspecified atom stereocenters. The molecule has 0 bridgehead atoms. The van der Waals surface area contributed by atoms with Crippen molar-refractivity contribution >= 4 is 23.3 Å². The van der Waals surface area contributed by atoms with Crippen molar-refractivity contribution < 1.29 is 19.1 Å². The van der Waals surface area contributed by atoms with Crippen LogP contribution in [0, 0.1) is 11.3 Å². The second kappa shape index (κ2) is 4.90. The Morgan fingerprint density at radius 3 is 2.79 bits per heavy atom. The van der Waals surface area contributed by atoms with Crippen LogP contribution >= 0.6 is 0 Å². The van der Waals surface area contributed by atoms with Crippen LogP contribution in [0.4, 0.5) is 5.69 Å². The van der Waals surface area contributed by atoms with Crippen molar-refractivity contribution in [3.05, 3.63) is 29.8 Å². The Bertz CT molecular complexity index is 603. The first-order valence-corrected chi connectivity index (χ1v) is 5.59. The molecule has 0 aromatic heterocycles. The number of esters is 1. The molecule has 0 aliphatic carbocycles. The van der Waals surface area contributed by atoms with Gasteiger partial charge in [0, 0.05) is 0 Å². The summed E-state index contributed by atoms with van der Waals surface area (Å²) in [4.78, 5) is 36.0. The van der Waals surface area contributed by atoms with Gasteiger partial charge in [0.1, 0.15) is 12.6 Å². The van der Waals surface area contributed by atoms with Crippen molar-refractivity contribution in [2.45, 2.75) is 13.0 Å². The minimum absolute atomic E-state index is 0.272. The van der Waals surface area contributed by atoms with Gasteiger partial charge in [0.05, 0.1) is 11.3 Å². The number of rotatable bonds is 3. The molecule has 0 spiro atoms. The molecule has 6 nitrogen and oxygen atoms in total. The van der Waals surface area contributed by atoms with E-state index in [1.807, 2.05) is 0 Å². The number of carbonyl (C=O) groups is 3. The van der Waals surface area contributed by atoms with Gasteiger partial charge in [-0.2, -0.15) is 5.26 Å². The van der Waals surface area contributed by atoms with E-state index in [1.54, 1.807) is 24.3 Å². The zero-order valence-corrected chi connectivity index (χ0v) is 10.1. The number of Topliss-reactive ketones (excluding diaryl/α,β-unsaturated/α-hetero) is 1. The standard InChI is InChI=1S/C13H10N2O4/c1-8(6-14)19-11(16)7-15-10-5-3-2-4-9(10)12(17)13(15)18/h2-5,8H,7H2,1H3/t8-/m1/s1. The van der Waals surface area contributed by atoms with Gasteiger partial charge in [-0.3, -0.25) is 19.3 Å². The zero-order valence-electron chi connectivity index (χ0n) is 10.1. The Kier molecular flexibility index (Phi) is 3.29. The summed E-state index contributed by atoms with van der Waals surface area (Å²) in [5, 5.41) is 8.53. The van der Waals surface area contributed by atoms with Crippen LogP contribution in [0.2, 0.25) is 0 Å². The molecule has 0 saturated carbocycles. The number of ketones is 1. The number of benzene rings is 1. The van der Waals surface area contributed by atoms with E-state index in [0.29, 0.717) is 5.69 Å². The lowest BCUT2D eigenvalue weighted by molar-refractivity contribution is -0.144. The smallest absolute Gasteiger partial charge is 0.327 e. The van der Waals surface area contributed by atoms with Gasteiger partial charge in [-0.1, -0.05) is 12.1 Å². The predicted molar refractivity (Wildman–Crippen MR) is 64.3 cm³/mol. The molecule has 1 aromatic carbocycles. The topological polar surface area (TPSA) is 87.5 Å². The first-order chi connectivity index (χ1) is 9.04. The SMILES string of the molecule is C[C@H](C#N)OC(=O)CN1C(=O)C(=O)c2ccccc21. The molecule has 1 aliphatic heterocycles. The summed E-state index contributed by atoms with van der Waals surface area (Å²) >= 11 is 0. The fraction of sp³-hybridized carbons (Fsp3) is 0.231. The minimum Gasteiger partial charge on any atom is -0.446 e. The minimum atomic E-state index is -0.892. The predicted octanol–water partition coefficient (Wildman–Crippen LogP) is 0.671. The third-order valence-electron chi connectivity index (χ3n) is 2.66. The number of nitrogens with zero attached hydrogens (tertiary/aromatic N) is 2. The fourth-order valence-corrected chi connectivity index (χ4v) is 1.80. The van der Waals surface area contributed by atoms with E-state index in [2.05, 4.69) is 0 Å². The molecule has 1 atom stereocenters. The highest BCUT2D eigenvalue weighted by atomic mass is 16.5. The summed E-state index contributed by atoms with van der Waals surface area (Å²) in [5.74, 6) is -2.13. The van der Waals surface area contributed by atoms with E-state index in [1.165, 1.54) is 13.0 Å². The van der Waals surface area contributed by atoms with Crippen LogP contribution in [0.15, 0.2) is 24.3 Å². The average Bonchev–Trinajstić information content (AvgIpc) is 2.64. The molecule has 1 heterocycles. The number of amides is 1. The molecule has 0 N–H and O–H groups in total. The van der Waals surface area contributed by atoms with Crippen LogP contribution in [0.5, 0.6) is 0 Å². The van der Waals surface area contributed by atoms with Gasteiger partial charge in [0.25, 0.3) is 11.7 Å². The number of carbonyl (C=O) groups excluding carboxylic acids is 3. The number of hydrogen-bond acceptors (Lipinski definition) is 5. The Morgan fingerprint density at radius 1 is 1.42 bits per heavy atom. The highest BCUT2D eigenvalue weighted by Crippen LogP contribution is 2.28. The Balaban J connectivity index is 2.18. The van der Waals surface area contributed by atoms with Gasteiger partial charge in [0.2, 0.25) is 0 Å². The van der Waals surface area contributed by atoms with Crippen molar-refractivity contribution in [3.63, 3.8) is 0 Å². The summed E-state index contributed by atoms with van der Waals surface area (Å²) in [5.41, 5.74) is 0.660. The number of ether oxygens (including phenoxy) is 1. The molecule has 1 aromatic rings. The molecular weight excluding hydrogens is 248 g/mol. The van der Waals surface area contributed by atoms with Gasteiger partial charge >= 0.3 is 5.97 Å². The van der Waals surface area contributed by atoms with E-state index in [9.17, 15) is 14.4 Å². The number of para-hydroxylation sites is 1. The highest BCUT2D eigenvalue weighted by molar-refractivity contribution is 6.52. The first-order valence-electron chi connectivity index (χ1n) is 5.59. The van der Waals surface area contributed by atoms with Gasteiger partial charge in [-0.05, 0) is 19.1 Å². The fourth-order valence-electron chi connectivity index (χ4n) is 1.80. The number of nitriles is 1. The molecular formula is C13H10N2O4. The van der Waals surface area contributed by atoms with Crippen molar-refractivity contribution in [1.29, 1.82) is 5.26 Å². The lowest BCUT2D eigenvalue weighted by atomic mass is 10.1. The summed E-state index contributed by atoms with van der Waals surface area (Å²) in [6, 6.07) is 8.17. The van der Waals surface area contributed by atoms with Crippen LogP contribution in [0.1, 0.15) is 17.3 Å². The molecule has 0 saturated heterocycles. The van der Waals surface area contributed by atoms with E-state index in [-0.39, 0.29) is 12.1 Å². The monoisotopic (exact) mass is 258 g/mol. The summed E-state index contributed by atoms with van der Waals surface area (Å²) < 4.78 is 4.75. The Hall–Kier alpha value is -2.68. The quantitative estimate of drug-likeness (QED) is 0.587. The summed E-state index contributed by atoms with van der Waals surface area (Å²) in [6.45, 7) is 1.04. The maximum atomic E-state index is 11.8. The van der Waals surface area contributed by atoms with Crippen molar-refractivity contribution in [2.24, 2.45) is 0 Å². The number of hydrogen-bond donors (Lipinski definition) is 0. The Labute approximate surface area is 109 Å². The van der Waals surface area contributed by atoms with E-state index in [4.69, 9.17) is 10.00 Å². The van der Waals surface area contributed by atoms with Crippen LogP contribution < -0.4 is 4.90 Å². The zero-order chi connectivity index (χ0) is 14.0. The Morgan fingerprint density at radius 2 is 2.11 bits per heavy atom. The largest absolute Gasteiger partial charge is 0.446 e. The molecule has 0 fully saturated rings. The highest BCUT2D eigenvalue weighted by Gasteiger charge is 2.36. The number of fused-ring (bicyclic) bond motifs is 1. The molecule has 6 heteroatoms. The van der Waals surface area contributed by atoms with Crippen molar-refractivity contribution in [1.82, 2.24) is 0 Å². The van der Waals surface area contributed by atoms with Crippen molar-refractivity contribution in [2.75, 3.05) is 11.4 Å². The molecule has 1 amide bonds. The second-order valence-electron chi connectivity index (χ2n) is 4.00. The third-order valence-corrected chi connectivity index (χ3v) is 2.66. The average molecular weight is 258 g/mol. The first kappa shape index (κ1) is 12.8. The van der Waals surface area contributed by atoms with E-state index >= 15 is 0 Å². The van der Waals surface area contributed by atoms with Crippen LogP contribution in [-0.2, 0) is 14.3 Å². The van der Waals surface area contributed by atoms with Crippen LogP contribution in [-0.4, -0.2) is 30.3 Å². The van der Waals surface area contributed by atoms with Crippen LogP contribution in [0.3, 0.4) is 0 Å². The van der Waals surface area contributed by atoms with Gasteiger partial charge in [-0.25, -0.2) is 0 Å². The molecule has 2 rings (SSSR count). The second-order valence-corrected chi connectivity index (χ2v) is 4.00. The normalized spacial score (nSPS) is 14.8. The molecule has 96 valence electrons. The maximum Gasteiger partial charge on any atom is 0.327 e. The van der Waals surface area contributed by atoms with Gasteiger partial charge < -0.3 is 4.74 Å². The lowest BCUT2D eigenvalue weighted by Crippen LogP contribution is -2.36. The summed E-state index contributed by atoms with van der Waals surface area (Å²) in [7, 11) is 0. The van der Waals surface area contributed by atoms with Crippen molar-refractivity contribution in [3.8, 4) is 6.07 Å². The maximum absolute atomic E-state index is 11.8. The molecule has 1 aliphatic rings. The lowest BCUT2D eigenvalue weighted by Gasteiger charge is -2.15. The summed E-state index contributed by atoms with van der Waals surface area (Å²) in [6.07, 6.45) is -0.892. The van der Waals surface area contributed by atoms with Gasteiger partial charge in [0.15, 0.2) is 6.10 Å². The number of anilines is 1. The van der Waals surface area contributed by atoms with Crippen LogP contribution in [0.25, 0.3) is 0 Å². The molecule has 19 heavy (non-hydrogen) atoms. The van der Waals surface area contributed by atoms with E-state index in [0.717, 1.165) is 4.90 Å². The van der Waals surface area contributed by atoms with Gasteiger partial charge in [-0.15, -0.1) is 0 Å². The molecule has 0 radical (unpaired) electrons.